The summed E-state index contributed by atoms with van der Waals surface area (Å²) in [6.45, 7) is 11.1. The highest BCUT2D eigenvalue weighted by Crippen LogP contribution is 2.29. The van der Waals surface area contributed by atoms with Crippen LogP contribution in [0.3, 0.4) is 0 Å². The number of anilines is 1. The molecule has 0 bridgehead atoms. The SMILES string of the molecule is CC1CN(c2nc(C(C)(C)C)nc3c2nnn3Cc2ccccc2Cl)CCO1. The molecule has 3 aromatic rings. The number of benzene rings is 1. The third-order valence-electron chi connectivity index (χ3n) is 4.83. The predicted molar refractivity (Wildman–Crippen MR) is 110 cm³/mol. The maximum absolute atomic E-state index is 6.35. The van der Waals surface area contributed by atoms with Crippen LogP contribution in [0.4, 0.5) is 5.82 Å². The minimum Gasteiger partial charge on any atom is -0.375 e. The van der Waals surface area contributed by atoms with Crippen LogP contribution in [-0.2, 0) is 16.7 Å². The monoisotopic (exact) mass is 400 g/mol. The summed E-state index contributed by atoms with van der Waals surface area (Å²) in [6, 6.07) is 7.76. The van der Waals surface area contributed by atoms with Crippen molar-refractivity contribution in [3.8, 4) is 0 Å². The summed E-state index contributed by atoms with van der Waals surface area (Å²) >= 11 is 6.35. The van der Waals surface area contributed by atoms with Crippen molar-refractivity contribution in [1.29, 1.82) is 0 Å². The lowest BCUT2D eigenvalue weighted by molar-refractivity contribution is 0.0530. The Kier molecular flexibility index (Phi) is 4.97. The van der Waals surface area contributed by atoms with Crippen molar-refractivity contribution in [1.82, 2.24) is 25.0 Å². The number of ether oxygens (including phenoxy) is 1. The van der Waals surface area contributed by atoms with E-state index in [9.17, 15) is 0 Å². The molecule has 1 aliphatic rings. The molecule has 1 fully saturated rings. The molecule has 0 saturated carbocycles. The van der Waals surface area contributed by atoms with Gasteiger partial charge in [0.1, 0.15) is 5.82 Å². The van der Waals surface area contributed by atoms with Gasteiger partial charge in [-0.15, -0.1) is 5.10 Å². The smallest absolute Gasteiger partial charge is 0.184 e. The minimum atomic E-state index is -0.194. The van der Waals surface area contributed by atoms with Gasteiger partial charge in [-0.3, -0.25) is 0 Å². The maximum Gasteiger partial charge on any atom is 0.184 e. The molecular weight excluding hydrogens is 376 g/mol. The van der Waals surface area contributed by atoms with Gasteiger partial charge < -0.3 is 9.64 Å². The van der Waals surface area contributed by atoms with Gasteiger partial charge in [-0.2, -0.15) is 0 Å². The first-order valence-corrected chi connectivity index (χ1v) is 9.92. The number of nitrogens with zero attached hydrogens (tertiary/aromatic N) is 6. The molecule has 3 heterocycles. The first kappa shape index (κ1) is 19.1. The molecule has 1 aliphatic heterocycles. The summed E-state index contributed by atoms with van der Waals surface area (Å²) < 4.78 is 7.50. The number of hydrogen-bond acceptors (Lipinski definition) is 6. The average molecular weight is 401 g/mol. The summed E-state index contributed by atoms with van der Waals surface area (Å²) in [5.74, 6) is 1.60. The lowest BCUT2D eigenvalue weighted by Crippen LogP contribution is -2.42. The van der Waals surface area contributed by atoms with Gasteiger partial charge in [0.2, 0.25) is 0 Å². The van der Waals surface area contributed by atoms with Gasteiger partial charge in [0.05, 0.1) is 19.3 Å². The second-order valence-corrected chi connectivity index (χ2v) is 8.67. The molecule has 1 unspecified atom stereocenters. The molecule has 7 nitrogen and oxygen atoms in total. The summed E-state index contributed by atoms with van der Waals surface area (Å²) in [5, 5.41) is 9.51. The number of rotatable bonds is 3. The van der Waals surface area contributed by atoms with Crippen molar-refractivity contribution >= 4 is 28.6 Å². The maximum atomic E-state index is 6.35. The number of aromatic nitrogens is 5. The van der Waals surface area contributed by atoms with Gasteiger partial charge in [-0.1, -0.05) is 55.8 Å². The molecular formula is C20H25ClN6O. The van der Waals surface area contributed by atoms with Gasteiger partial charge in [-0.05, 0) is 18.6 Å². The van der Waals surface area contributed by atoms with Crippen LogP contribution in [0, 0.1) is 0 Å². The molecule has 1 atom stereocenters. The predicted octanol–water partition coefficient (Wildman–Crippen LogP) is 3.45. The van der Waals surface area contributed by atoms with Gasteiger partial charge in [0.25, 0.3) is 0 Å². The van der Waals surface area contributed by atoms with Crippen molar-refractivity contribution < 1.29 is 4.74 Å². The van der Waals surface area contributed by atoms with Crippen molar-refractivity contribution in [2.45, 2.75) is 45.8 Å². The number of fused-ring (bicyclic) bond motifs is 1. The van der Waals surface area contributed by atoms with Crippen LogP contribution in [0.1, 0.15) is 39.1 Å². The first-order chi connectivity index (χ1) is 13.3. The molecule has 1 saturated heterocycles. The van der Waals surface area contributed by atoms with Crippen LogP contribution < -0.4 is 4.90 Å². The summed E-state index contributed by atoms with van der Waals surface area (Å²) in [6.07, 6.45) is 0.148. The Morgan fingerprint density at radius 2 is 2.00 bits per heavy atom. The highest BCUT2D eigenvalue weighted by molar-refractivity contribution is 6.31. The quantitative estimate of drug-likeness (QED) is 0.670. The second kappa shape index (κ2) is 7.29. The number of hydrogen-bond donors (Lipinski definition) is 0. The standard InChI is InChI=1S/C20H25ClN6O/c1-13-11-26(9-10-28-13)17-16-18(23-19(22-17)20(2,3)4)27(25-24-16)12-14-7-5-6-8-15(14)21/h5-8,13H,9-12H2,1-4H3. The van der Waals surface area contributed by atoms with Gasteiger partial charge in [0.15, 0.2) is 17.0 Å². The van der Waals surface area contributed by atoms with Crippen LogP contribution in [-0.4, -0.2) is 50.8 Å². The largest absolute Gasteiger partial charge is 0.375 e. The summed E-state index contributed by atoms with van der Waals surface area (Å²) in [5.41, 5.74) is 2.23. The van der Waals surface area contributed by atoms with E-state index in [0.717, 1.165) is 35.9 Å². The van der Waals surface area contributed by atoms with E-state index < -0.39 is 0 Å². The van der Waals surface area contributed by atoms with E-state index in [4.69, 9.17) is 26.3 Å². The first-order valence-electron chi connectivity index (χ1n) is 9.54. The zero-order chi connectivity index (χ0) is 19.9. The third kappa shape index (κ3) is 3.69. The van der Waals surface area contributed by atoms with Gasteiger partial charge >= 0.3 is 0 Å². The molecule has 0 spiro atoms. The Morgan fingerprint density at radius 1 is 1.21 bits per heavy atom. The third-order valence-corrected chi connectivity index (χ3v) is 5.20. The Labute approximate surface area is 169 Å². The molecule has 0 aliphatic carbocycles. The van der Waals surface area contributed by atoms with Gasteiger partial charge in [0, 0.05) is 23.5 Å². The van der Waals surface area contributed by atoms with E-state index in [2.05, 4.69) is 42.9 Å². The van der Waals surface area contributed by atoms with Crippen molar-refractivity contribution in [2.24, 2.45) is 0 Å². The van der Waals surface area contributed by atoms with E-state index in [1.54, 1.807) is 4.68 Å². The van der Waals surface area contributed by atoms with E-state index in [1.165, 1.54) is 0 Å². The Hall–Kier alpha value is -2.25. The number of halogens is 1. The fourth-order valence-corrected chi connectivity index (χ4v) is 3.50. The van der Waals surface area contributed by atoms with Crippen molar-refractivity contribution in [2.75, 3.05) is 24.6 Å². The molecule has 0 N–H and O–H groups in total. The zero-order valence-electron chi connectivity index (χ0n) is 16.7. The summed E-state index contributed by atoms with van der Waals surface area (Å²) in [4.78, 5) is 11.9. The average Bonchev–Trinajstić information content (AvgIpc) is 3.05. The van der Waals surface area contributed by atoms with Crippen LogP contribution in [0.25, 0.3) is 11.2 Å². The van der Waals surface area contributed by atoms with Gasteiger partial charge in [-0.25, -0.2) is 14.6 Å². The fourth-order valence-electron chi connectivity index (χ4n) is 3.30. The van der Waals surface area contributed by atoms with Crippen LogP contribution >= 0.6 is 11.6 Å². The van der Waals surface area contributed by atoms with E-state index in [0.29, 0.717) is 23.7 Å². The minimum absolute atomic E-state index is 0.148. The Morgan fingerprint density at radius 3 is 2.71 bits per heavy atom. The Balaban J connectivity index is 1.83. The molecule has 148 valence electrons. The van der Waals surface area contributed by atoms with Crippen LogP contribution in [0.5, 0.6) is 0 Å². The molecule has 0 amide bonds. The molecule has 2 aromatic heterocycles. The molecule has 28 heavy (non-hydrogen) atoms. The molecule has 8 heteroatoms. The second-order valence-electron chi connectivity index (χ2n) is 8.26. The highest BCUT2D eigenvalue weighted by atomic mass is 35.5. The molecule has 0 radical (unpaired) electrons. The Bertz CT molecular complexity index is 996. The lowest BCUT2D eigenvalue weighted by atomic mass is 9.95. The normalized spacial score (nSPS) is 18.0. The fraction of sp³-hybridized carbons (Fsp3) is 0.500. The van der Waals surface area contributed by atoms with Crippen LogP contribution in [0.15, 0.2) is 24.3 Å². The van der Waals surface area contributed by atoms with E-state index in [1.807, 2.05) is 24.3 Å². The van der Waals surface area contributed by atoms with Crippen LogP contribution in [0.2, 0.25) is 5.02 Å². The summed E-state index contributed by atoms with van der Waals surface area (Å²) in [7, 11) is 0. The van der Waals surface area contributed by atoms with Crippen molar-refractivity contribution in [3.63, 3.8) is 0 Å². The molecule has 4 rings (SSSR count). The zero-order valence-corrected chi connectivity index (χ0v) is 17.4. The number of morpholine rings is 1. The highest BCUT2D eigenvalue weighted by Gasteiger charge is 2.27. The van der Waals surface area contributed by atoms with E-state index in [-0.39, 0.29) is 11.5 Å². The van der Waals surface area contributed by atoms with E-state index >= 15 is 0 Å². The molecule has 1 aromatic carbocycles. The lowest BCUT2D eigenvalue weighted by Gasteiger charge is -2.32. The van der Waals surface area contributed by atoms with Crippen molar-refractivity contribution in [3.05, 3.63) is 40.7 Å². The topological polar surface area (TPSA) is 69.0 Å².